The van der Waals surface area contributed by atoms with Crippen molar-refractivity contribution in [3.63, 3.8) is 0 Å². The van der Waals surface area contributed by atoms with E-state index in [1.165, 1.54) is 4.90 Å². The summed E-state index contributed by atoms with van der Waals surface area (Å²) >= 11 is 0. The van der Waals surface area contributed by atoms with Crippen molar-refractivity contribution >= 4 is 12.1 Å². The average molecular weight is 311 g/mol. The Morgan fingerprint density at radius 3 is 2.27 bits per heavy atom. The lowest BCUT2D eigenvalue weighted by Gasteiger charge is -2.53. The molecule has 1 atom stereocenters. The van der Waals surface area contributed by atoms with E-state index in [-0.39, 0.29) is 12.6 Å². The third-order valence-electron chi connectivity index (χ3n) is 5.81. The Hall–Kier alpha value is -1.30. The molecule has 2 N–H and O–H groups in total. The van der Waals surface area contributed by atoms with E-state index in [1.807, 2.05) is 0 Å². The number of piperidine rings is 1. The summed E-state index contributed by atoms with van der Waals surface area (Å²) < 4.78 is 5.50. The number of carboxylic acid groups (broad SMARTS) is 1. The van der Waals surface area contributed by atoms with Gasteiger partial charge in [0.15, 0.2) is 0 Å². The van der Waals surface area contributed by atoms with Crippen LogP contribution in [-0.2, 0) is 9.53 Å². The van der Waals surface area contributed by atoms with Crippen LogP contribution in [-0.4, -0.2) is 52.0 Å². The highest BCUT2D eigenvalue weighted by molar-refractivity contribution is 5.78. The van der Waals surface area contributed by atoms with Crippen LogP contribution in [0.25, 0.3) is 0 Å². The number of nitrogens with zero attached hydrogens (tertiary/aromatic N) is 1. The number of ether oxygens (including phenoxy) is 1. The molecule has 0 aromatic rings. The van der Waals surface area contributed by atoms with Crippen molar-refractivity contribution in [3.8, 4) is 0 Å². The number of carboxylic acids is 1. The minimum Gasteiger partial charge on any atom is -0.481 e. The summed E-state index contributed by atoms with van der Waals surface area (Å²) in [6.07, 6.45) is 6.43. The SMILES string of the molecule is O=C(OC1CCCC1)N1CCCC(O)(C2(C(=O)O)CCC2)C1. The number of aliphatic hydroxyl groups is 1. The van der Waals surface area contributed by atoms with Crippen molar-refractivity contribution in [1.82, 2.24) is 4.90 Å². The largest absolute Gasteiger partial charge is 0.481 e. The molecular formula is C16H25NO5. The quantitative estimate of drug-likeness (QED) is 0.834. The smallest absolute Gasteiger partial charge is 0.410 e. The van der Waals surface area contributed by atoms with Gasteiger partial charge in [0.1, 0.15) is 6.10 Å². The van der Waals surface area contributed by atoms with Crippen molar-refractivity contribution in [2.24, 2.45) is 5.41 Å². The van der Waals surface area contributed by atoms with E-state index < -0.39 is 23.1 Å². The molecule has 2 aliphatic carbocycles. The number of carbonyl (C=O) groups is 2. The predicted molar refractivity (Wildman–Crippen MR) is 78.4 cm³/mol. The maximum absolute atomic E-state index is 12.3. The zero-order chi connectivity index (χ0) is 15.8. The van der Waals surface area contributed by atoms with Gasteiger partial charge in [-0.2, -0.15) is 0 Å². The molecule has 1 heterocycles. The number of carbonyl (C=O) groups excluding carboxylic acids is 1. The lowest BCUT2D eigenvalue weighted by Crippen LogP contribution is -2.64. The topological polar surface area (TPSA) is 87.1 Å². The number of amides is 1. The fourth-order valence-electron chi connectivity index (χ4n) is 4.21. The summed E-state index contributed by atoms with van der Waals surface area (Å²) in [4.78, 5) is 25.5. The molecular weight excluding hydrogens is 286 g/mol. The molecule has 1 saturated heterocycles. The summed E-state index contributed by atoms with van der Waals surface area (Å²) in [5, 5.41) is 20.5. The van der Waals surface area contributed by atoms with E-state index in [0.29, 0.717) is 32.2 Å². The van der Waals surface area contributed by atoms with Gasteiger partial charge in [0.05, 0.1) is 17.6 Å². The van der Waals surface area contributed by atoms with Crippen molar-refractivity contribution in [1.29, 1.82) is 0 Å². The lowest BCUT2D eigenvalue weighted by molar-refractivity contribution is -0.194. The first-order valence-corrected chi connectivity index (χ1v) is 8.38. The normalized spacial score (nSPS) is 31.6. The van der Waals surface area contributed by atoms with Gasteiger partial charge in [-0.1, -0.05) is 6.42 Å². The molecule has 2 saturated carbocycles. The van der Waals surface area contributed by atoms with Crippen molar-refractivity contribution < 1.29 is 24.5 Å². The molecule has 3 rings (SSSR count). The van der Waals surface area contributed by atoms with Crippen LogP contribution in [0.5, 0.6) is 0 Å². The minimum absolute atomic E-state index is 0.0142. The molecule has 6 nitrogen and oxygen atoms in total. The van der Waals surface area contributed by atoms with Crippen LogP contribution >= 0.6 is 0 Å². The molecule has 124 valence electrons. The maximum atomic E-state index is 12.3. The third kappa shape index (κ3) is 2.47. The van der Waals surface area contributed by atoms with Gasteiger partial charge in [0.2, 0.25) is 0 Å². The first-order valence-electron chi connectivity index (χ1n) is 8.38. The summed E-state index contributed by atoms with van der Waals surface area (Å²) in [7, 11) is 0. The average Bonchev–Trinajstić information content (AvgIpc) is 2.89. The first-order chi connectivity index (χ1) is 10.5. The highest BCUT2D eigenvalue weighted by atomic mass is 16.6. The molecule has 0 spiro atoms. The molecule has 0 radical (unpaired) electrons. The van der Waals surface area contributed by atoms with Gasteiger partial charge in [0.25, 0.3) is 0 Å². The maximum Gasteiger partial charge on any atom is 0.410 e. The Balaban J connectivity index is 1.67. The van der Waals surface area contributed by atoms with Crippen LogP contribution in [0.3, 0.4) is 0 Å². The molecule has 22 heavy (non-hydrogen) atoms. The molecule has 6 heteroatoms. The number of likely N-dealkylation sites (tertiary alicyclic amines) is 1. The van der Waals surface area contributed by atoms with Crippen molar-refractivity contribution in [3.05, 3.63) is 0 Å². The van der Waals surface area contributed by atoms with Crippen molar-refractivity contribution in [2.75, 3.05) is 13.1 Å². The zero-order valence-electron chi connectivity index (χ0n) is 12.9. The van der Waals surface area contributed by atoms with E-state index in [2.05, 4.69) is 0 Å². The third-order valence-corrected chi connectivity index (χ3v) is 5.81. The van der Waals surface area contributed by atoms with Crippen LogP contribution in [0.2, 0.25) is 0 Å². The second-order valence-electron chi connectivity index (χ2n) is 7.09. The second-order valence-corrected chi connectivity index (χ2v) is 7.09. The van der Waals surface area contributed by atoms with Gasteiger partial charge >= 0.3 is 12.1 Å². The molecule has 3 aliphatic rings. The number of hydrogen-bond acceptors (Lipinski definition) is 4. The van der Waals surface area contributed by atoms with E-state index in [4.69, 9.17) is 4.74 Å². The monoisotopic (exact) mass is 311 g/mol. The minimum atomic E-state index is -1.33. The first kappa shape index (κ1) is 15.6. The second kappa shape index (κ2) is 5.72. The van der Waals surface area contributed by atoms with Crippen molar-refractivity contribution in [2.45, 2.75) is 69.5 Å². The summed E-state index contributed by atoms with van der Waals surface area (Å²) in [6, 6.07) is 0. The van der Waals surface area contributed by atoms with Gasteiger partial charge in [-0.25, -0.2) is 4.79 Å². The van der Waals surface area contributed by atoms with Crippen LogP contribution in [0.1, 0.15) is 57.8 Å². The standard InChI is InChI=1S/C16H25NO5/c18-13(19)15(7-3-8-15)16(21)9-4-10-17(11-16)14(20)22-12-5-1-2-6-12/h12,21H,1-11H2,(H,18,19). The molecule has 0 aromatic heterocycles. The number of aliphatic carboxylic acids is 1. The van der Waals surface area contributed by atoms with Crippen LogP contribution in [0.15, 0.2) is 0 Å². The zero-order valence-corrected chi connectivity index (χ0v) is 12.9. The Labute approximate surface area is 130 Å². The van der Waals surface area contributed by atoms with Crippen LogP contribution < -0.4 is 0 Å². The van der Waals surface area contributed by atoms with Gasteiger partial charge in [-0.05, 0) is 51.4 Å². The van der Waals surface area contributed by atoms with Gasteiger partial charge in [-0.15, -0.1) is 0 Å². The van der Waals surface area contributed by atoms with E-state index >= 15 is 0 Å². The van der Waals surface area contributed by atoms with Gasteiger partial charge < -0.3 is 19.8 Å². The lowest BCUT2D eigenvalue weighted by atomic mass is 9.56. The summed E-state index contributed by atoms with van der Waals surface area (Å²) in [6.45, 7) is 0.606. The Bertz CT molecular complexity index is 455. The number of β-amino-alcohol motifs (C(OH)–C–C–N with tert-alkyl or cyclic N) is 1. The van der Waals surface area contributed by atoms with E-state index in [9.17, 15) is 19.8 Å². The number of hydrogen-bond donors (Lipinski definition) is 2. The van der Waals surface area contributed by atoms with Crippen LogP contribution in [0.4, 0.5) is 4.79 Å². The van der Waals surface area contributed by atoms with Gasteiger partial charge in [-0.3, -0.25) is 4.79 Å². The molecule has 0 aromatic carbocycles. The fraction of sp³-hybridized carbons (Fsp3) is 0.875. The molecule has 1 amide bonds. The molecule has 1 aliphatic heterocycles. The molecule has 1 unspecified atom stereocenters. The predicted octanol–water partition coefficient (Wildman–Crippen LogP) is 2.15. The fourth-order valence-corrected chi connectivity index (χ4v) is 4.21. The van der Waals surface area contributed by atoms with Gasteiger partial charge in [0, 0.05) is 6.54 Å². The Morgan fingerprint density at radius 1 is 1.05 bits per heavy atom. The summed E-state index contributed by atoms with van der Waals surface area (Å²) in [5.74, 6) is -0.938. The van der Waals surface area contributed by atoms with Crippen LogP contribution in [0, 0.1) is 5.41 Å². The number of rotatable bonds is 3. The molecule has 3 fully saturated rings. The Kier molecular flexibility index (Phi) is 4.05. The highest BCUT2D eigenvalue weighted by Crippen LogP contribution is 2.52. The summed E-state index contributed by atoms with van der Waals surface area (Å²) in [5.41, 5.74) is -2.41. The Morgan fingerprint density at radius 2 is 1.73 bits per heavy atom. The van der Waals surface area contributed by atoms with E-state index in [1.54, 1.807) is 0 Å². The van der Waals surface area contributed by atoms with E-state index in [0.717, 1.165) is 32.1 Å². The highest BCUT2D eigenvalue weighted by Gasteiger charge is 2.60. The molecule has 0 bridgehead atoms.